The molecule has 8 nitrogen and oxygen atoms in total. The summed E-state index contributed by atoms with van der Waals surface area (Å²) >= 11 is 7.61. The van der Waals surface area contributed by atoms with Gasteiger partial charge in [0.15, 0.2) is 11.0 Å². The number of methoxy groups -OCH3 is 1. The van der Waals surface area contributed by atoms with E-state index in [0.717, 1.165) is 12.0 Å². The molecule has 0 aliphatic heterocycles. The van der Waals surface area contributed by atoms with E-state index in [4.69, 9.17) is 16.3 Å². The van der Waals surface area contributed by atoms with Gasteiger partial charge in [0.05, 0.1) is 9.95 Å². The van der Waals surface area contributed by atoms with Crippen LogP contribution >= 0.6 is 23.4 Å². The summed E-state index contributed by atoms with van der Waals surface area (Å²) in [7, 11) is 1.65. The molecule has 3 aromatic rings. The smallest absolute Gasteiger partial charge is 0.287 e. The van der Waals surface area contributed by atoms with Gasteiger partial charge in [0.1, 0.15) is 11.2 Å². The van der Waals surface area contributed by atoms with Gasteiger partial charge in [-0.2, -0.15) is 0 Å². The first-order valence-corrected chi connectivity index (χ1v) is 9.25. The molecule has 0 atom stereocenters. The highest BCUT2D eigenvalue weighted by Gasteiger charge is 2.17. The minimum Gasteiger partial charge on any atom is -0.385 e. The van der Waals surface area contributed by atoms with Gasteiger partial charge in [-0.25, -0.2) is 4.98 Å². The Morgan fingerprint density at radius 1 is 1.26 bits per heavy atom. The van der Waals surface area contributed by atoms with E-state index in [0.29, 0.717) is 34.2 Å². The number of rotatable bonds is 8. The second-order valence-electron chi connectivity index (χ2n) is 5.50. The van der Waals surface area contributed by atoms with Gasteiger partial charge in [-0.1, -0.05) is 23.7 Å². The predicted molar refractivity (Wildman–Crippen MR) is 102 cm³/mol. The number of hydrogen-bond acceptors (Lipinski definition) is 7. The molecular weight excluding hydrogens is 390 g/mol. The van der Waals surface area contributed by atoms with Crippen LogP contribution in [0.5, 0.6) is 0 Å². The Morgan fingerprint density at radius 2 is 2.07 bits per heavy atom. The van der Waals surface area contributed by atoms with Crippen molar-refractivity contribution in [1.82, 2.24) is 19.7 Å². The van der Waals surface area contributed by atoms with E-state index in [1.54, 1.807) is 19.2 Å². The monoisotopic (exact) mass is 405 g/mol. The number of halogens is 1. The maximum atomic E-state index is 10.8. The number of ether oxygens (including phenoxy) is 1. The molecule has 0 aliphatic rings. The van der Waals surface area contributed by atoms with Crippen molar-refractivity contribution in [2.45, 2.75) is 23.1 Å². The molecule has 27 heavy (non-hydrogen) atoms. The average molecular weight is 406 g/mol. The van der Waals surface area contributed by atoms with E-state index in [1.807, 2.05) is 22.8 Å². The van der Waals surface area contributed by atoms with Crippen molar-refractivity contribution in [2.75, 3.05) is 13.7 Å². The van der Waals surface area contributed by atoms with Crippen LogP contribution in [0.3, 0.4) is 0 Å². The van der Waals surface area contributed by atoms with Crippen molar-refractivity contribution >= 4 is 29.1 Å². The fourth-order valence-corrected chi connectivity index (χ4v) is 3.43. The molecule has 0 amide bonds. The largest absolute Gasteiger partial charge is 0.385 e. The molecule has 0 bridgehead atoms. The number of pyridine rings is 1. The summed E-state index contributed by atoms with van der Waals surface area (Å²) in [6, 6.07) is 10.4. The Kier molecular flexibility index (Phi) is 6.38. The van der Waals surface area contributed by atoms with Gasteiger partial charge in [-0.05, 0) is 36.4 Å². The van der Waals surface area contributed by atoms with E-state index < -0.39 is 4.92 Å². The number of nitro groups is 1. The van der Waals surface area contributed by atoms with Crippen LogP contribution in [0.4, 0.5) is 5.69 Å². The molecule has 10 heteroatoms. The third-order valence-corrected chi connectivity index (χ3v) is 4.95. The van der Waals surface area contributed by atoms with E-state index >= 15 is 0 Å². The zero-order valence-electron chi connectivity index (χ0n) is 14.4. The topological polar surface area (TPSA) is 96.0 Å². The molecule has 140 valence electrons. The molecule has 0 saturated heterocycles. The molecule has 2 aromatic heterocycles. The number of hydrogen-bond donors (Lipinski definition) is 0. The van der Waals surface area contributed by atoms with Gasteiger partial charge >= 0.3 is 0 Å². The Morgan fingerprint density at radius 3 is 2.74 bits per heavy atom. The second-order valence-corrected chi connectivity index (χ2v) is 6.89. The maximum absolute atomic E-state index is 10.8. The predicted octanol–water partition coefficient (Wildman–Crippen LogP) is 4.09. The first-order valence-electron chi connectivity index (χ1n) is 8.05. The lowest BCUT2D eigenvalue weighted by Crippen LogP contribution is -2.05. The summed E-state index contributed by atoms with van der Waals surface area (Å²) in [6.45, 7) is 1.23. The van der Waals surface area contributed by atoms with Crippen LogP contribution in [-0.2, 0) is 11.3 Å². The van der Waals surface area contributed by atoms with Gasteiger partial charge in [0.2, 0.25) is 0 Å². The molecule has 0 fully saturated rings. The molecule has 2 heterocycles. The normalized spacial score (nSPS) is 10.9. The van der Waals surface area contributed by atoms with Gasteiger partial charge in [-0.15, -0.1) is 10.2 Å². The quantitative estimate of drug-likeness (QED) is 0.316. The van der Waals surface area contributed by atoms with Gasteiger partial charge in [-0.3, -0.25) is 10.1 Å². The van der Waals surface area contributed by atoms with E-state index in [-0.39, 0.29) is 5.69 Å². The number of benzene rings is 1. The van der Waals surface area contributed by atoms with Crippen molar-refractivity contribution in [3.63, 3.8) is 0 Å². The molecule has 0 saturated carbocycles. The Bertz CT molecular complexity index is 933. The lowest BCUT2D eigenvalue weighted by atomic mass is 10.2. The molecule has 0 aliphatic carbocycles. The minimum atomic E-state index is -0.482. The molecule has 0 unspecified atom stereocenters. The summed E-state index contributed by atoms with van der Waals surface area (Å²) in [4.78, 5) is 14.4. The van der Waals surface area contributed by atoms with Crippen LogP contribution in [0.2, 0.25) is 5.02 Å². The highest BCUT2D eigenvalue weighted by molar-refractivity contribution is 7.99. The van der Waals surface area contributed by atoms with Crippen molar-refractivity contribution < 1.29 is 9.66 Å². The zero-order chi connectivity index (χ0) is 19.2. The first kappa shape index (κ1) is 19.3. The summed E-state index contributed by atoms with van der Waals surface area (Å²) in [6.07, 6.45) is 2.00. The standard InChI is InChI=1S/C17H16ClN5O3S/c1-26-10-4-9-22-16(13-5-2-3-6-14(13)18)20-21-17(22)27-15-8-7-12(11-19-15)23(24)25/h2-3,5-8,11H,4,9-10H2,1H3. The average Bonchev–Trinajstić information content (AvgIpc) is 3.05. The Hall–Kier alpha value is -2.49. The Balaban J connectivity index is 1.92. The van der Waals surface area contributed by atoms with Gasteiger partial charge in [0, 0.05) is 31.9 Å². The van der Waals surface area contributed by atoms with Crippen LogP contribution in [0, 0.1) is 10.1 Å². The summed E-state index contributed by atoms with van der Waals surface area (Å²) in [5.74, 6) is 0.654. The molecule has 1 aromatic carbocycles. The molecular formula is C17H16ClN5O3S. The highest BCUT2D eigenvalue weighted by Crippen LogP contribution is 2.32. The molecule has 0 N–H and O–H groups in total. The third kappa shape index (κ3) is 4.62. The van der Waals surface area contributed by atoms with Gasteiger partial charge in [0.25, 0.3) is 5.69 Å². The van der Waals surface area contributed by atoms with E-state index in [9.17, 15) is 10.1 Å². The van der Waals surface area contributed by atoms with Crippen LogP contribution in [-0.4, -0.2) is 38.4 Å². The molecule has 3 rings (SSSR count). The number of nitrogens with zero attached hydrogens (tertiary/aromatic N) is 5. The highest BCUT2D eigenvalue weighted by atomic mass is 35.5. The van der Waals surface area contributed by atoms with Crippen LogP contribution < -0.4 is 0 Å². The Labute approximate surface area is 164 Å². The maximum Gasteiger partial charge on any atom is 0.287 e. The second kappa shape index (κ2) is 8.94. The lowest BCUT2D eigenvalue weighted by Gasteiger charge is -2.10. The minimum absolute atomic E-state index is 0.0577. The summed E-state index contributed by atoms with van der Waals surface area (Å²) < 4.78 is 7.09. The fraction of sp³-hybridized carbons (Fsp3) is 0.235. The lowest BCUT2D eigenvalue weighted by molar-refractivity contribution is -0.385. The summed E-state index contributed by atoms with van der Waals surface area (Å²) in [5, 5.41) is 21.1. The zero-order valence-corrected chi connectivity index (χ0v) is 16.0. The number of aromatic nitrogens is 4. The fourth-order valence-electron chi connectivity index (χ4n) is 2.41. The van der Waals surface area contributed by atoms with E-state index in [2.05, 4.69) is 15.2 Å². The first-order chi connectivity index (χ1) is 13.1. The summed E-state index contributed by atoms with van der Waals surface area (Å²) in [5.41, 5.74) is 0.727. The molecule has 0 spiro atoms. The van der Waals surface area contributed by atoms with Crippen LogP contribution in [0.1, 0.15) is 6.42 Å². The third-order valence-electron chi connectivity index (χ3n) is 3.69. The van der Waals surface area contributed by atoms with Crippen molar-refractivity contribution in [3.8, 4) is 11.4 Å². The van der Waals surface area contributed by atoms with Crippen molar-refractivity contribution in [3.05, 3.63) is 57.7 Å². The van der Waals surface area contributed by atoms with E-state index in [1.165, 1.54) is 24.0 Å². The molecule has 0 radical (unpaired) electrons. The van der Waals surface area contributed by atoms with Crippen LogP contribution in [0.15, 0.2) is 52.8 Å². The SMILES string of the molecule is COCCCn1c(Sc2ccc([N+](=O)[O-])cn2)nnc1-c1ccccc1Cl. The van der Waals surface area contributed by atoms with Crippen molar-refractivity contribution in [2.24, 2.45) is 0 Å². The van der Waals surface area contributed by atoms with Crippen molar-refractivity contribution in [1.29, 1.82) is 0 Å². The van der Waals surface area contributed by atoms with Gasteiger partial charge < -0.3 is 9.30 Å². The van der Waals surface area contributed by atoms with Crippen LogP contribution in [0.25, 0.3) is 11.4 Å².